The SMILES string of the molecule is CN(C)C1CC23CCC4(O2)C(=CCC2(C)C(c5ccc6c(Cl)nccc6c5)=CCC24)C=C3C(O)C1O. The largest absolute Gasteiger partial charge is 0.388 e. The van der Waals surface area contributed by atoms with Gasteiger partial charge in [0.2, 0.25) is 0 Å². The van der Waals surface area contributed by atoms with Crippen LogP contribution in [0.3, 0.4) is 0 Å². The summed E-state index contributed by atoms with van der Waals surface area (Å²) in [6, 6.07) is 8.41. The molecule has 2 aliphatic heterocycles. The molecule has 3 aliphatic carbocycles. The van der Waals surface area contributed by atoms with Crippen LogP contribution in [0.4, 0.5) is 0 Å². The molecule has 1 saturated carbocycles. The lowest BCUT2D eigenvalue weighted by Crippen LogP contribution is -2.61. The number of hydrogen-bond acceptors (Lipinski definition) is 5. The van der Waals surface area contributed by atoms with Crippen molar-refractivity contribution in [1.29, 1.82) is 0 Å². The van der Waals surface area contributed by atoms with E-state index in [1.54, 1.807) is 6.20 Å². The number of aliphatic hydroxyl groups excluding tert-OH is 2. The van der Waals surface area contributed by atoms with Gasteiger partial charge in [-0.25, -0.2) is 4.98 Å². The number of pyridine rings is 1. The zero-order valence-corrected chi connectivity index (χ0v) is 21.8. The fourth-order valence-corrected chi connectivity index (χ4v) is 8.48. The topological polar surface area (TPSA) is 65.8 Å². The van der Waals surface area contributed by atoms with E-state index in [1.807, 2.05) is 25.1 Å². The second-order valence-electron chi connectivity index (χ2n) is 12.0. The van der Waals surface area contributed by atoms with Crippen molar-refractivity contribution in [2.75, 3.05) is 14.1 Å². The van der Waals surface area contributed by atoms with Gasteiger partial charge in [-0.05, 0) is 86.0 Å². The third-order valence-corrected chi connectivity index (χ3v) is 10.4. The van der Waals surface area contributed by atoms with Crippen LogP contribution in [-0.2, 0) is 4.74 Å². The first kappa shape index (κ1) is 23.1. The molecule has 0 amide bonds. The molecule has 2 spiro atoms. The van der Waals surface area contributed by atoms with Gasteiger partial charge >= 0.3 is 0 Å². The molecule has 1 saturated heterocycles. The summed E-state index contributed by atoms with van der Waals surface area (Å²) in [7, 11) is 3.95. The summed E-state index contributed by atoms with van der Waals surface area (Å²) in [5, 5.41) is 24.7. The number of allylic oxidation sites excluding steroid dienone is 3. The number of aliphatic hydroxyl groups is 2. The Kier molecular flexibility index (Phi) is 4.83. The van der Waals surface area contributed by atoms with Gasteiger partial charge in [0.15, 0.2) is 0 Å². The van der Waals surface area contributed by atoms with Gasteiger partial charge in [0.25, 0.3) is 0 Å². The van der Waals surface area contributed by atoms with Crippen LogP contribution in [0.15, 0.2) is 59.8 Å². The lowest BCUT2D eigenvalue weighted by Gasteiger charge is -2.55. The van der Waals surface area contributed by atoms with Gasteiger partial charge in [0, 0.05) is 29.0 Å². The lowest BCUT2D eigenvalue weighted by molar-refractivity contribution is -0.161. The van der Waals surface area contributed by atoms with Gasteiger partial charge < -0.3 is 19.8 Å². The van der Waals surface area contributed by atoms with E-state index in [0.29, 0.717) is 17.5 Å². The molecule has 5 aliphatic rings. The predicted octanol–water partition coefficient (Wildman–Crippen LogP) is 4.91. The highest BCUT2D eigenvalue weighted by Crippen LogP contribution is 2.67. The number of halogens is 1. The molecular weight excluding hydrogens is 472 g/mol. The molecule has 1 aromatic carbocycles. The van der Waals surface area contributed by atoms with E-state index in [4.69, 9.17) is 16.3 Å². The highest BCUT2D eigenvalue weighted by Gasteiger charge is 2.67. The van der Waals surface area contributed by atoms with E-state index in [-0.39, 0.29) is 17.1 Å². The number of likely N-dealkylation sites (N-methyl/N-ethyl adjacent to an activating group) is 1. The Labute approximate surface area is 217 Å². The molecule has 2 aromatic rings. The first-order valence-electron chi connectivity index (χ1n) is 13.1. The van der Waals surface area contributed by atoms with E-state index in [2.05, 4.69) is 48.3 Å². The molecule has 7 rings (SSSR count). The maximum absolute atomic E-state index is 11.2. The molecule has 188 valence electrons. The monoisotopic (exact) mass is 504 g/mol. The number of aromatic nitrogens is 1. The third kappa shape index (κ3) is 2.84. The van der Waals surface area contributed by atoms with Crippen LogP contribution in [0, 0.1) is 11.3 Å². The predicted molar refractivity (Wildman–Crippen MR) is 142 cm³/mol. The van der Waals surface area contributed by atoms with E-state index in [9.17, 15) is 10.2 Å². The van der Waals surface area contributed by atoms with Crippen LogP contribution in [0.25, 0.3) is 16.3 Å². The van der Waals surface area contributed by atoms with E-state index < -0.39 is 17.8 Å². The maximum Gasteiger partial charge on any atom is 0.136 e. The number of benzene rings is 1. The van der Waals surface area contributed by atoms with Gasteiger partial charge in [0.05, 0.1) is 17.3 Å². The van der Waals surface area contributed by atoms with Crippen molar-refractivity contribution in [3.63, 3.8) is 0 Å². The quantitative estimate of drug-likeness (QED) is 0.569. The molecule has 6 heteroatoms. The van der Waals surface area contributed by atoms with Crippen molar-refractivity contribution in [3.8, 4) is 0 Å². The molecule has 5 nitrogen and oxygen atoms in total. The standard InChI is InChI=1S/C30H33ClN2O3/c1-28-10-8-19-15-22-25(34)26(35)23(33(2)3)16-29(22)11-12-30(19,36-29)24(28)7-6-21(28)18-4-5-20-17(14-18)9-13-32-27(20)31/h4-6,8-9,13-15,23-26,34-35H,7,10-12,16H2,1-3H3. The molecule has 3 heterocycles. The Hall–Kier alpha value is -2.02. The van der Waals surface area contributed by atoms with Gasteiger partial charge in [-0.3, -0.25) is 0 Å². The summed E-state index contributed by atoms with van der Waals surface area (Å²) >= 11 is 6.34. The van der Waals surface area contributed by atoms with Crippen molar-refractivity contribution >= 4 is 27.9 Å². The zero-order valence-electron chi connectivity index (χ0n) is 21.0. The Morgan fingerprint density at radius 2 is 1.97 bits per heavy atom. The summed E-state index contributed by atoms with van der Waals surface area (Å²) in [6.45, 7) is 2.40. The third-order valence-electron chi connectivity index (χ3n) is 10.1. The summed E-state index contributed by atoms with van der Waals surface area (Å²) in [4.78, 5) is 6.26. The molecule has 7 atom stereocenters. The summed E-state index contributed by atoms with van der Waals surface area (Å²) in [6.07, 6.45) is 11.5. The molecule has 36 heavy (non-hydrogen) atoms. The Balaban J connectivity index is 1.30. The van der Waals surface area contributed by atoms with Crippen LogP contribution in [-0.4, -0.2) is 63.6 Å². The van der Waals surface area contributed by atoms with Gasteiger partial charge in [-0.15, -0.1) is 0 Å². The average molecular weight is 505 g/mol. The van der Waals surface area contributed by atoms with Crippen molar-refractivity contribution in [1.82, 2.24) is 9.88 Å². The Morgan fingerprint density at radius 3 is 2.78 bits per heavy atom. The fraction of sp³-hybridized carbons (Fsp3) is 0.500. The van der Waals surface area contributed by atoms with Crippen LogP contribution < -0.4 is 0 Å². The average Bonchev–Trinajstić information content (AvgIpc) is 3.37. The second-order valence-corrected chi connectivity index (χ2v) is 12.3. The van der Waals surface area contributed by atoms with E-state index >= 15 is 0 Å². The first-order valence-corrected chi connectivity index (χ1v) is 13.5. The van der Waals surface area contributed by atoms with Crippen LogP contribution in [0.2, 0.25) is 5.15 Å². The second kappa shape index (κ2) is 7.52. The minimum absolute atomic E-state index is 0.0430. The fourth-order valence-electron chi connectivity index (χ4n) is 8.25. The van der Waals surface area contributed by atoms with Gasteiger partial charge in [0.1, 0.15) is 11.3 Å². The molecule has 7 unspecified atom stereocenters. The molecule has 2 bridgehead atoms. The lowest BCUT2D eigenvalue weighted by atomic mass is 9.58. The van der Waals surface area contributed by atoms with Crippen molar-refractivity contribution < 1.29 is 14.9 Å². The highest BCUT2D eigenvalue weighted by atomic mass is 35.5. The Bertz CT molecular complexity index is 1380. The Morgan fingerprint density at radius 1 is 1.14 bits per heavy atom. The van der Waals surface area contributed by atoms with Gasteiger partial charge in [-0.2, -0.15) is 0 Å². The first-order chi connectivity index (χ1) is 17.2. The van der Waals surface area contributed by atoms with Crippen LogP contribution >= 0.6 is 11.6 Å². The van der Waals surface area contributed by atoms with Crippen molar-refractivity contribution in [2.24, 2.45) is 11.3 Å². The molecular formula is C30H33ClN2O3. The van der Waals surface area contributed by atoms with Crippen LogP contribution in [0.5, 0.6) is 0 Å². The molecule has 2 N–H and O–H groups in total. The van der Waals surface area contributed by atoms with E-state index in [1.165, 1.54) is 16.7 Å². The summed E-state index contributed by atoms with van der Waals surface area (Å²) in [5.41, 5.74) is 3.81. The number of rotatable bonds is 2. The number of hydrogen-bond donors (Lipinski definition) is 2. The highest BCUT2D eigenvalue weighted by molar-refractivity contribution is 6.34. The van der Waals surface area contributed by atoms with E-state index in [0.717, 1.165) is 42.0 Å². The number of fused-ring (bicyclic) bond motifs is 2. The minimum atomic E-state index is -0.896. The number of ether oxygens (including phenoxy) is 1. The number of nitrogens with zero attached hydrogens (tertiary/aromatic N) is 2. The smallest absolute Gasteiger partial charge is 0.136 e. The maximum atomic E-state index is 11.2. The van der Waals surface area contributed by atoms with Gasteiger partial charge in [-0.1, -0.05) is 48.9 Å². The van der Waals surface area contributed by atoms with Crippen LogP contribution in [0.1, 0.15) is 44.6 Å². The summed E-state index contributed by atoms with van der Waals surface area (Å²) in [5.74, 6) is 0.329. The minimum Gasteiger partial charge on any atom is -0.388 e. The molecule has 0 radical (unpaired) electrons. The van der Waals surface area contributed by atoms with Crippen molar-refractivity contribution in [3.05, 3.63) is 70.6 Å². The molecule has 1 aromatic heterocycles. The van der Waals surface area contributed by atoms with Crippen molar-refractivity contribution in [2.45, 2.75) is 68.5 Å². The normalized spacial score (nSPS) is 40.9. The summed E-state index contributed by atoms with van der Waals surface area (Å²) < 4.78 is 7.24. The molecule has 2 fully saturated rings. The zero-order chi connectivity index (χ0) is 25.0.